The lowest BCUT2D eigenvalue weighted by Crippen LogP contribution is -2.47. The highest BCUT2D eigenvalue weighted by molar-refractivity contribution is 5.93. The Morgan fingerprint density at radius 3 is 2.63 bits per heavy atom. The minimum absolute atomic E-state index is 0.0316. The van der Waals surface area contributed by atoms with Crippen LogP contribution < -0.4 is 19.7 Å². The summed E-state index contributed by atoms with van der Waals surface area (Å²) in [6.07, 6.45) is 9.15. The molecule has 1 aromatic heterocycles. The highest BCUT2D eigenvalue weighted by Crippen LogP contribution is 2.36. The van der Waals surface area contributed by atoms with Crippen molar-refractivity contribution in [2.75, 3.05) is 50.1 Å². The molecule has 2 saturated heterocycles. The second-order valence-electron chi connectivity index (χ2n) is 9.99. The fraction of sp³-hybridized carbons (Fsp3) is 0.577. The summed E-state index contributed by atoms with van der Waals surface area (Å²) < 4.78 is 16.9. The van der Waals surface area contributed by atoms with Gasteiger partial charge in [-0.1, -0.05) is 5.92 Å². The van der Waals surface area contributed by atoms with Gasteiger partial charge in [-0.25, -0.2) is 9.78 Å². The van der Waals surface area contributed by atoms with E-state index in [-0.39, 0.29) is 18.7 Å². The van der Waals surface area contributed by atoms with E-state index in [0.717, 1.165) is 55.5 Å². The molecule has 2 aliphatic heterocycles. The van der Waals surface area contributed by atoms with Crippen LogP contribution in [0, 0.1) is 12.3 Å². The second-order valence-corrected chi connectivity index (χ2v) is 9.99. The summed E-state index contributed by atoms with van der Waals surface area (Å²) in [6, 6.07) is 3.77. The molecule has 0 aliphatic carbocycles. The fourth-order valence-corrected chi connectivity index (χ4v) is 4.47. The molecular formula is C26H35N5O4. The molecule has 188 valence electrons. The first kappa shape index (κ1) is 24.7. The van der Waals surface area contributed by atoms with Crippen molar-refractivity contribution in [3.05, 3.63) is 12.1 Å². The Kier molecular flexibility index (Phi) is 7.39. The van der Waals surface area contributed by atoms with E-state index in [1.165, 1.54) is 0 Å². The molecule has 0 saturated carbocycles. The van der Waals surface area contributed by atoms with E-state index >= 15 is 0 Å². The Morgan fingerprint density at radius 1 is 1.17 bits per heavy atom. The van der Waals surface area contributed by atoms with Gasteiger partial charge in [0.2, 0.25) is 5.95 Å². The Labute approximate surface area is 207 Å². The number of ether oxygens (including phenoxy) is 3. The molecule has 0 unspecified atom stereocenters. The number of piperidine rings is 1. The van der Waals surface area contributed by atoms with Crippen molar-refractivity contribution < 1.29 is 19.0 Å². The van der Waals surface area contributed by atoms with Crippen LogP contribution in [0.1, 0.15) is 46.5 Å². The average Bonchev–Trinajstić information content (AvgIpc) is 3.36. The summed E-state index contributed by atoms with van der Waals surface area (Å²) in [6.45, 7) is 8.86. The summed E-state index contributed by atoms with van der Waals surface area (Å²) in [5, 5.41) is 4.42. The molecule has 2 aliphatic rings. The zero-order valence-electron chi connectivity index (χ0n) is 21.1. The van der Waals surface area contributed by atoms with Crippen molar-refractivity contribution in [2.45, 2.75) is 58.1 Å². The largest absolute Gasteiger partial charge is 0.493 e. The zero-order chi connectivity index (χ0) is 25.0. The molecule has 1 amide bonds. The lowest BCUT2D eigenvalue weighted by atomic mass is 10.1. The molecule has 0 radical (unpaired) electrons. The number of benzene rings is 1. The number of likely N-dealkylation sites (tertiary alicyclic amines) is 1. The molecule has 1 N–H and O–H groups in total. The quantitative estimate of drug-likeness (QED) is 0.618. The minimum Gasteiger partial charge on any atom is -0.493 e. The first-order valence-electron chi connectivity index (χ1n) is 12.2. The van der Waals surface area contributed by atoms with Crippen LogP contribution in [0.4, 0.5) is 16.6 Å². The van der Waals surface area contributed by atoms with E-state index in [1.807, 2.05) is 32.9 Å². The Morgan fingerprint density at radius 2 is 1.94 bits per heavy atom. The second kappa shape index (κ2) is 10.5. The van der Waals surface area contributed by atoms with Crippen molar-refractivity contribution in [2.24, 2.45) is 0 Å². The van der Waals surface area contributed by atoms with Gasteiger partial charge in [0.15, 0.2) is 11.5 Å². The molecule has 2 aromatic rings. The number of carbonyl (C=O) groups excluding carboxylic acids is 1. The number of terminal acetylenes is 1. The maximum absolute atomic E-state index is 12.7. The van der Waals surface area contributed by atoms with Crippen molar-refractivity contribution in [1.29, 1.82) is 0 Å². The van der Waals surface area contributed by atoms with Crippen molar-refractivity contribution in [1.82, 2.24) is 14.9 Å². The van der Waals surface area contributed by atoms with Crippen LogP contribution in [0.5, 0.6) is 11.5 Å². The normalized spacial score (nSPS) is 18.3. The number of methoxy groups -OCH3 is 1. The van der Waals surface area contributed by atoms with Crippen LogP contribution in [0.2, 0.25) is 0 Å². The van der Waals surface area contributed by atoms with Crippen LogP contribution in [-0.2, 0) is 4.74 Å². The molecule has 1 atom stereocenters. The summed E-state index contributed by atoms with van der Waals surface area (Å²) in [7, 11) is 1.59. The Balaban J connectivity index is 1.65. The van der Waals surface area contributed by atoms with Gasteiger partial charge in [-0.15, -0.1) is 6.42 Å². The van der Waals surface area contributed by atoms with E-state index in [2.05, 4.69) is 16.1 Å². The average molecular weight is 482 g/mol. The van der Waals surface area contributed by atoms with E-state index < -0.39 is 5.60 Å². The highest BCUT2D eigenvalue weighted by Gasteiger charge is 2.29. The maximum Gasteiger partial charge on any atom is 0.410 e. The molecule has 3 heterocycles. The van der Waals surface area contributed by atoms with Gasteiger partial charge < -0.3 is 29.3 Å². The van der Waals surface area contributed by atoms with Gasteiger partial charge in [-0.3, -0.25) is 0 Å². The van der Waals surface area contributed by atoms with E-state index in [9.17, 15) is 4.79 Å². The predicted octanol–water partition coefficient (Wildman–Crippen LogP) is 4.06. The van der Waals surface area contributed by atoms with Crippen LogP contribution in [-0.4, -0.2) is 72.5 Å². The van der Waals surface area contributed by atoms with Crippen LogP contribution in [0.15, 0.2) is 12.1 Å². The van der Waals surface area contributed by atoms with Crippen LogP contribution in [0.3, 0.4) is 0 Å². The molecule has 0 spiro atoms. The third kappa shape index (κ3) is 5.99. The van der Waals surface area contributed by atoms with Crippen LogP contribution in [0.25, 0.3) is 10.9 Å². The van der Waals surface area contributed by atoms with Gasteiger partial charge in [0.05, 0.1) is 12.6 Å². The number of carbonyl (C=O) groups is 1. The van der Waals surface area contributed by atoms with Crippen molar-refractivity contribution in [3.8, 4) is 23.8 Å². The van der Waals surface area contributed by atoms with Gasteiger partial charge in [-0.2, -0.15) is 4.98 Å². The highest BCUT2D eigenvalue weighted by atomic mass is 16.6. The van der Waals surface area contributed by atoms with Gasteiger partial charge >= 0.3 is 6.09 Å². The van der Waals surface area contributed by atoms with Gasteiger partial charge in [0, 0.05) is 43.7 Å². The Hall–Kier alpha value is -3.41. The predicted molar refractivity (Wildman–Crippen MR) is 136 cm³/mol. The number of hydrogen-bond donors (Lipinski definition) is 1. The lowest BCUT2D eigenvalue weighted by Gasteiger charge is -2.34. The van der Waals surface area contributed by atoms with Gasteiger partial charge in [0.25, 0.3) is 0 Å². The topological polar surface area (TPSA) is 89.1 Å². The van der Waals surface area contributed by atoms with Crippen molar-refractivity contribution >= 4 is 28.8 Å². The SMILES string of the molecule is C#CCOc1cc2nc(N3CCCC3)nc(N[C@@H]3CCCN(C(=O)OC(C)(C)C)C3)c2cc1OC. The Bertz CT molecular complexity index is 1100. The third-order valence-corrected chi connectivity index (χ3v) is 6.08. The maximum atomic E-state index is 12.7. The number of rotatable bonds is 6. The van der Waals surface area contributed by atoms with E-state index in [1.54, 1.807) is 12.0 Å². The van der Waals surface area contributed by atoms with E-state index in [0.29, 0.717) is 30.5 Å². The standard InChI is InChI=1S/C26H35N5O4/c1-6-14-34-22-16-20-19(15-21(22)33-5)23(29-24(28-20)30-11-7-8-12-30)27-18-10-9-13-31(17-18)25(32)35-26(2,3)4/h1,15-16,18H,7-14,17H2,2-5H3,(H,27,28,29)/t18-/m1/s1. The minimum atomic E-state index is -0.527. The van der Waals surface area contributed by atoms with Gasteiger partial charge in [-0.05, 0) is 52.5 Å². The number of hydrogen-bond acceptors (Lipinski definition) is 8. The summed E-state index contributed by atoms with van der Waals surface area (Å²) in [4.78, 5) is 26.4. The lowest BCUT2D eigenvalue weighted by molar-refractivity contribution is 0.0206. The molecule has 9 heteroatoms. The zero-order valence-corrected chi connectivity index (χ0v) is 21.1. The number of amides is 1. The van der Waals surface area contributed by atoms with Crippen molar-refractivity contribution in [3.63, 3.8) is 0 Å². The number of anilines is 2. The number of fused-ring (bicyclic) bond motifs is 1. The summed E-state index contributed by atoms with van der Waals surface area (Å²) in [5.74, 6) is 5.00. The summed E-state index contributed by atoms with van der Waals surface area (Å²) in [5.41, 5.74) is 0.220. The number of nitrogens with one attached hydrogen (secondary N) is 1. The molecule has 35 heavy (non-hydrogen) atoms. The molecular weight excluding hydrogens is 446 g/mol. The third-order valence-electron chi connectivity index (χ3n) is 6.08. The summed E-state index contributed by atoms with van der Waals surface area (Å²) >= 11 is 0. The van der Waals surface area contributed by atoms with Gasteiger partial charge in [0.1, 0.15) is 18.0 Å². The van der Waals surface area contributed by atoms with Crippen LogP contribution >= 0.6 is 0 Å². The first-order valence-corrected chi connectivity index (χ1v) is 12.2. The first-order chi connectivity index (χ1) is 16.8. The smallest absolute Gasteiger partial charge is 0.410 e. The molecule has 1 aromatic carbocycles. The monoisotopic (exact) mass is 481 g/mol. The fourth-order valence-electron chi connectivity index (χ4n) is 4.47. The molecule has 9 nitrogen and oxygen atoms in total. The molecule has 4 rings (SSSR count). The number of nitrogens with zero attached hydrogens (tertiary/aromatic N) is 4. The molecule has 0 bridgehead atoms. The number of aromatic nitrogens is 2. The molecule has 2 fully saturated rings. The van der Waals surface area contributed by atoms with E-state index in [4.69, 9.17) is 30.6 Å².